The van der Waals surface area contributed by atoms with E-state index in [4.69, 9.17) is 33.4 Å². The second-order valence-electron chi connectivity index (χ2n) is 11.7. The van der Waals surface area contributed by atoms with E-state index in [1.807, 2.05) is 24.3 Å². The van der Waals surface area contributed by atoms with E-state index in [9.17, 15) is 0 Å². The van der Waals surface area contributed by atoms with Gasteiger partial charge >= 0.3 is 0 Å². The van der Waals surface area contributed by atoms with Gasteiger partial charge in [0.15, 0.2) is 34.5 Å². The topological polar surface area (TPSA) is 71.0 Å². The molecule has 0 unspecified atom stereocenters. The summed E-state index contributed by atoms with van der Waals surface area (Å²) >= 11 is 0. The van der Waals surface area contributed by atoms with Gasteiger partial charge in [0, 0.05) is 42.4 Å². The first-order valence-corrected chi connectivity index (χ1v) is 15.1. The molecule has 224 valence electrons. The van der Waals surface area contributed by atoms with Gasteiger partial charge in [-0.25, -0.2) is 0 Å². The summed E-state index contributed by atoms with van der Waals surface area (Å²) in [5.74, 6) is 5.49. The molecule has 0 aliphatic carbocycles. The Balaban J connectivity index is 1.33. The third kappa shape index (κ3) is 4.61. The van der Waals surface area contributed by atoms with Crippen molar-refractivity contribution in [2.45, 2.75) is 31.7 Å². The predicted octanol–water partition coefficient (Wildman–Crippen LogP) is 6.69. The Morgan fingerprint density at radius 2 is 1.59 bits per heavy atom. The minimum atomic E-state index is 0.0615. The second kappa shape index (κ2) is 10.8. The summed E-state index contributed by atoms with van der Waals surface area (Å²) < 4.78 is 36.9. The van der Waals surface area contributed by atoms with Crippen LogP contribution < -0.4 is 28.4 Å². The highest BCUT2D eigenvalue weighted by molar-refractivity contribution is 6.04. The summed E-state index contributed by atoms with van der Waals surface area (Å²) in [6.45, 7) is 1.81. The fourth-order valence-corrected chi connectivity index (χ4v) is 6.80. The van der Waals surface area contributed by atoms with Crippen LogP contribution in [0.2, 0.25) is 0 Å². The lowest BCUT2D eigenvalue weighted by molar-refractivity contribution is 0.171. The van der Waals surface area contributed by atoms with Crippen LogP contribution in [0.4, 0.5) is 0 Å². The van der Waals surface area contributed by atoms with Gasteiger partial charge < -0.3 is 28.4 Å². The second-order valence-corrected chi connectivity index (χ2v) is 11.7. The van der Waals surface area contributed by atoms with E-state index < -0.39 is 0 Å². The van der Waals surface area contributed by atoms with Crippen LogP contribution in [0.5, 0.6) is 46.0 Å². The van der Waals surface area contributed by atoms with Crippen molar-refractivity contribution >= 4 is 5.71 Å². The quantitative estimate of drug-likeness (QED) is 0.258. The summed E-state index contributed by atoms with van der Waals surface area (Å²) in [6, 6.07) is 20.8. The van der Waals surface area contributed by atoms with E-state index in [0.717, 1.165) is 66.3 Å². The molecular weight excluding hydrogens is 556 g/mol. The number of methoxy groups -OCH3 is 2. The van der Waals surface area contributed by atoms with E-state index in [2.05, 4.69) is 48.3 Å². The van der Waals surface area contributed by atoms with Crippen LogP contribution in [0.3, 0.4) is 0 Å². The largest absolute Gasteiger partial charge is 0.493 e. The third-order valence-corrected chi connectivity index (χ3v) is 9.12. The van der Waals surface area contributed by atoms with Gasteiger partial charge in [0.2, 0.25) is 12.5 Å². The lowest BCUT2D eigenvalue weighted by atomic mass is 9.87. The van der Waals surface area contributed by atoms with Gasteiger partial charge in [-0.3, -0.25) is 9.89 Å². The van der Waals surface area contributed by atoms with Gasteiger partial charge in [-0.05, 0) is 91.0 Å². The van der Waals surface area contributed by atoms with Crippen molar-refractivity contribution < 1.29 is 28.4 Å². The number of hydrogen-bond acceptors (Lipinski definition) is 8. The first kappa shape index (κ1) is 26.9. The molecule has 0 amide bonds. The smallest absolute Gasteiger partial charge is 0.231 e. The molecule has 5 aliphatic rings. The minimum absolute atomic E-state index is 0.0615. The lowest BCUT2D eigenvalue weighted by Gasteiger charge is -2.36. The van der Waals surface area contributed by atoms with Crippen molar-refractivity contribution in [3.8, 4) is 46.0 Å². The molecule has 4 aromatic rings. The zero-order valence-electron chi connectivity index (χ0n) is 25.1. The van der Waals surface area contributed by atoms with Gasteiger partial charge in [-0.1, -0.05) is 18.2 Å². The first-order chi connectivity index (χ1) is 21.6. The molecule has 1 atom stereocenters. The predicted molar refractivity (Wildman–Crippen MR) is 167 cm³/mol. The molecule has 0 saturated heterocycles. The normalized spacial score (nSPS) is 18.2. The molecule has 5 heterocycles. The maximum absolute atomic E-state index is 6.93. The SMILES string of the molecule is COc1ccc2cc1Oc1ccc(cc1)C[C@H]1c3c(cc4c(c3Oc3cc5c(cc3OC)CCN=C5C2)OCO4)CCN1C. The number of rotatable bonds is 2. The van der Waals surface area contributed by atoms with Gasteiger partial charge in [-0.15, -0.1) is 0 Å². The molecule has 44 heavy (non-hydrogen) atoms. The highest BCUT2D eigenvalue weighted by Crippen LogP contribution is 2.52. The number of likely N-dealkylation sites (N-methyl/N-ethyl adjacent to an activating group) is 1. The Hall–Kier alpha value is -4.69. The summed E-state index contributed by atoms with van der Waals surface area (Å²) in [7, 11) is 5.53. The number of benzene rings is 4. The van der Waals surface area contributed by atoms with Crippen molar-refractivity contribution in [3.63, 3.8) is 0 Å². The van der Waals surface area contributed by atoms with Crippen LogP contribution in [0.15, 0.2) is 65.7 Å². The average Bonchev–Trinajstić information content (AvgIpc) is 3.52. The molecule has 9 rings (SSSR count). The number of hydrogen-bond donors (Lipinski definition) is 0. The molecule has 5 aliphatic heterocycles. The molecule has 0 N–H and O–H groups in total. The number of ether oxygens (including phenoxy) is 6. The Bertz CT molecular complexity index is 1800. The maximum atomic E-state index is 6.93. The van der Waals surface area contributed by atoms with Crippen molar-refractivity contribution in [1.82, 2.24) is 4.90 Å². The van der Waals surface area contributed by atoms with E-state index >= 15 is 0 Å². The molecule has 4 aromatic carbocycles. The molecule has 0 spiro atoms. The highest BCUT2D eigenvalue weighted by atomic mass is 16.7. The van der Waals surface area contributed by atoms with Crippen LogP contribution in [-0.4, -0.2) is 51.8 Å². The molecule has 0 fully saturated rings. The summed E-state index contributed by atoms with van der Waals surface area (Å²) in [5, 5.41) is 0. The zero-order chi connectivity index (χ0) is 29.8. The minimum Gasteiger partial charge on any atom is -0.493 e. The number of aliphatic imine (C=N–C) groups is 1. The summed E-state index contributed by atoms with van der Waals surface area (Å²) in [6.07, 6.45) is 3.15. The highest BCUT2D eigenvalue weighted by Gasteiger charge is 2.35. The molecule has 0 radical (unpaired) electrons. The number of fused-ring (bicyclic) bond motifs is 3. The number of nitrogens with zero attached hydrogens (tertiary/aromatic N) is 2. The van der Waals surface area contributed by atoms with Gasteiger partial charge in [0.05, 0.1) is 14.2 Å². The molecule has 8 nitrogen and oxygen atoms in total. The van der Waals surface area contributed by atoms with Crippen molar-refractivity contribution in [2.24, 2.45) is 4.99 Å². The Morgan fingerprint density at radius 1 is 0.773 bits per heavy atom. The Labute approximate surface area is 256 Å². The summed E-state index contributed by atoms with van der Waals surface area (Å²) in [4.78, 5) is 7.37. The van der Waals surface area contributed by atoms with E-state index in [1.165, 1.54) is 16.7 Å². The van der Waals surface area contributed by atoms with Crippen LogP contribution in [0.1, 0.15) is 39.4 Å². The monoisotopic (exact) mass is 590 g/mol. The lowest BCUT2D eigenvalue weighted by Crippen LogP contribution is -2.33. The molecule has 6 bridgehead atoms. The van der Waals surface area contributed by atoms with Crippen molar-refractivity contribution in [1.29, 1.82) is 0 Å². The van der Waals surface area contributed by atoms with Crippen LogP contribution >= 0.6 is 0 Å². The standard InChI is InChI=1S/C36H34N2O6/c1-38-13-11-24-18-33-35(42-20-41-33)36-34(24)28(38)15-21-4-7-25(8-5-21)43-31-16-22(6-9-29(31)39-2)14-27-26-19-32(44-36)30(40-3)17-23(26)10-12-37-27/h4-9,16-19,28H,10-15,20H2,1-3H3/t28-/m0/s1. The Kier molecular flexibility index (Phi) is 6.60. The molecule has 0 saturated carbocycles. The van der Waals surface area contributed by atoms with Crippen LogP contribution in [0.25, 0.3) is 0 Å². The zero-order valence-corrected chi connectivity index (χ0v) is 25.1. The van der Waals surface area contributed by atoms with Gasteiger partial charge in [0.1, 0.15) is 5.75 Å². The fourth-order valence-electron chi connectivity index (χ4n) is 6.80. The van der Waals surface area contributed by atoms with E-state index in [0.29, 0.717) is 40.9 Å². The Morgan fingerprint density at radius 3 is 2.43 bits per heavy atom. The molecule has 8 heteroatoms. The fraction of sp³-hybridized carbons (Fsp3) is 0.306. The van der Waals surface area contributed by atoms with Crippen LogP contribution in [-0.2, 0) is 25.7 Å². The first-order valence-electron chi connectivity index (χ1n) is 15.1. The third-order valence-electron chi connectivity index (χ3n) is 9.12. The van der Waals surface area contributed by atoms with Crippen molar-refractivity contribution in [2.75, 3.05) is 41.1 Å². The molecule has 0 aromatic heterocycles. The van der Waals surface area contributed by atoms with Gasteiger partial charge in [0.25, 0.3) is 0 Å². The van der Waals surface area contributed by atoms with E-state index in [1.54, 1.807) is 14.2 Å². The molecular formula is C36H34N2O6. The average molecular weight is 591 g/mol. The van der Waals surface area contributed by atoms with Gasteiger partial charge in [-0.2, -0.15) is 0 Å². The van der Waals surface area contributed by atoms with E-state index in [-0.39, 0.29) is 12.8 Å². The van der Waals surface area contributed by atoms with Crippen molar-refractivity contribution in [3.05, 3.63) is 94.0 Å². The van der Waals surface area contributed by atoms with Crippen LogP contribution in [0, 0.1) is 0 Å². The maximum Gasteiger partial charge on any atom is 0.231 e. The summed E-state index contributed by atoms with van der Waals surface area (Å²) in [5.41, 5.74) is 7.86.